The first kappa shape index (κ1) is 13.7. The largest absolute Gasteiger partial charge is 0.481 e. The third-order valence-corrected chi connectivity index (χ3v) is 3.29. The molecule has 4 heteroatoms. The molecule has 0 aliphatic heterocycles. The van der Waals surface area contributed by atoms with Crippen LogP contribution in [0.4, 0.5) is 0 Å². The van der Waals surface area contributed by atoms with Crippen molar-refractivity contribution in [3.05, 3.63) is 12.7 Å². The highest BCUT2D eigenvalue weighted by molar-refractivity contribution is 5.81. The number of carbonyl (C=O) groups is 2. The van der Waals surface area contributed by atoms with Gasteiger partial charge in [0.1, 0.15) is 0 Å². The summed E-state index contributed by atoms with van der Waals surface area (Å²) in [6.07, 6.45) is 4.45. The Hall–Kier alpha value is -1.32. The predicted molar refractivity (Wildman–Crippen MR) is 65.5 cm³/mol. The van der Waals surface area contributed by atoms with Gasteiger partial charge in [-0.05, 0) is 25.7 Å². The van der Waals surface area contributed by atoms with Crippen LogP contribution in [0.5, 0.6) is 0 Å². The number of rotatable bonds is 6. The molecule has 1 aliphatic rings. The van der Waals surface area contributed by atoms with Gasteiger partial charge in [-0.25, -0.2) is 0 Å². The summed E-state index contributed by atoms with van der Waals surface area (Å²) in [5, 5.41) is 8.92. The van der Waals surface area contributed by atoms with Gasteiger partial charge in [-0.2, -0.15) is 0 Å². The maximum atomic E-state index is 12.2. The first-order valence-corrected chi connectivity index (χ1v) is 6.22. The fourth-order valence-corrected chi connectivity index (χ4v) is 2.41. The zero-order valence-electron chi connectivity index (χ0n) is 10.4. The summed E-state index contributed by atoms with van der Waals surface area (Å²) in [4.78, 5) is 24.8. The van der Waals surface area contributed by atoms with E-state index in [1.807, 2.05) is 6.92 Å². The number of carboxylic acid groups (broad SMARTS) is 1. The van der Waals surface area contributed by atoms with Crippen LogP contribution in [0.2, 0.25) is 0 Å². The molecule has 1 rings (SSSR count). The number of carbonyl (C=O) groups excluding carboxylic acids is 1. The molecular formula is C13H21NO3. The Kier molecular flexibility index (Phi) is 5.19. The van der Waals surface area contributed by atoms with Crippen LogP contribution in [0.1, 0.15) is 32.6 Å². The van der Waals surface area contributed by atoms with E-state index in [0.717, 1.165) is 13.0 Å². The van der Waals surface area contributed by atoms with Crippen molar-refractivity contribution >= 4 is 11.9 Å². The van der Waals surface area contributed by atoms with E-state index in [2.05, 4.69) is 6.58 Å². The van der Waals surface area contributed by atoms with Crippen molar-refractivity contribution < 1.29 is 14.7 Å². The Morgan fingerprint density at radius 3 is 2.53 bits per heavy atom. The van der Waals surface area contributed by atoms with Crippen molar-refractivity contribution in [3.8, 4) is 0 Å². The van der Waals surface area contributed by atoms with Gasteiger partial charge in [-0.15, -0.1) is 6.58 Å². The van der Waals surface area contributed by atoms with Crippen LogP contribution in [0.15, 0.2) is 12.7 Å². The molecule has 1 amide bonds. The summed E-state index contributed by atoms with van der Waals surface area (Å²) in [6, 6.07) is 0. The Balaban J connectivity index is 2.56. The lowest BCUT2D eigenvalue weighted by Crippen LogP contribution is -2.36. The van der Waals surface area contributed by atoms with Crippen molar-refractivity contribution in [1.82, 2.24) is 4.90 Å². The highest BCUT2D eigenvalue weighted by Gasteiger charge is 2.35. The summed E-state index contributed by atoms with van der Waals surface area (Å²) in [6.45, 7) is 6.95. The summed E-state index contributed by atoms with van der Waals surface area (Å²) >= 11 is 0. The lowest BCUT2D eigenvalue weighted by Gasteiger charge is -2.23. The SMILES string of the molecule is C=CCN(CCC)C(=O)[C@@H]1CC[C@H](C(=O)O)C1. The van der Waals surface area contributed by atoms with Gasteiger partial charge in [-0.1, -0.05) is 13.0 Å². The Labute approximate surface area is 102 Å². The zero-order chi connectivity index (χ0) is 12.8. The summed E-state index contributed by atoms with van der Waals surface area (Å²) in [5.41, 5.74) is 0. The van der Waals surface area contributed by atoms with E-state index in [1.165, 1.54) is 0 Å². The predicted octanol–water partition coefficient (Wildman–Crippen LogP) is 1.91. The molecule has 1 fully saturated rings. The van der Waals surface area contributed by atoms with Gasteiger partial charge >= 0.3 is 5.97 Å². The van der Waals surface area contributed by atoms with Crippen LogP contribution in [0.25, 0.3) is 0 Å². The van der Waals surface area contributed by atoms with Gasteiger partial charge in [0.15, 0.2) is 0 Å². The van der Waals surface area contributed by atoms with Crippen LogP contribution >= 0.6 is 0 Å². The Morgan fingerprint density at radius 1 is 1.41 bits per heavy atom. The molecule has 0 bridgehead atoms. The average molecular weight is 239 g/mol. The van der Waals surface area contributed by atoms with Gasteiger partial charge in [0.2, 0.25) is 5.91 Å². The molecule has 0 radical (unpaired) electrons. The van der Waals surface area contributed by atoms with Crippen LogP contribution in [-0.2, 0) is 9.59 Å². The first-order chi connectivity index (χ1) is 8.10. The highest BCUT2D eigenvalue weighted by atomic mass is 16.4. The number of amides is 1. The number of hydrogen-bond donors (Lipinski definition) is 1. The summed E-state index contributed by atoms with van der Waals surface area (Å²) in [5.74, 6) is -1.12. The highest BCUT2D eigenvalue weighted by Crippen LogP contribution is 2.32. The number of nitrogens with zero attached hydrogens (tertiary/aromatic N) is 1. The molecule has 0 aromatic heterocycles. The third-order valence-electron chi connectivity index (χ3n) is 3.29. The maximum Gasteiger partial charge on any atom is 0.306 e. The molecular weight excluding hydrogens is 218 g/mol. The van der Waals surface area contributed by atoms with Gasteiger partial charge in [-0.3, -0.25) is 9.59 Å². The van der Waals surface area contributed by atoms with Gasteiger partial charge in [0, 0.05) is 19.0 Å². The molecule has 0 saturated heterocycles. The van der Waals surface area contributed by atoms with E-state index in [-0.39, 0.29) is 17.7 Å². The van der Waals surface area contributed by atoms with E-state index in [9.17, 15) is 9.59 Å². The topological polar surface area (TPSA) is 57.6 Å². The standard InChI is InChI=1S/C13H21NO3/c1-3-7-14(8-4-2)12(15)10-5-6-11(9-10)13(16)17/h3,10-11H,1,4-9H2,2H3,(H,16,17)/t10-,11+/m1/s1. The molecule has 1 saturated carbocycles. The smallest absolute Gasteiger partial charge is 0.306 e. The van der Waals surface area contributed by atoms with Crippen molar-refractivity contribution in [3.63, 3.8) is 0 Å². The van der Waals surface area contributed by atoms with E-state index >= 15 is 0 Å². The second-order valence-corrected chi connectivity index (χ2v) is 4.62. The lowest BCUT2D eigenvalue weighted by atomic mass is 10.0. The monoisotopic (exact) mass is 239 g/mol. The van der Waals surface area contributed by atoms with Gasteiger partial charge < -0.3 is 10.0 Å². The first-order valence-electron chi connectivity index (χ1n) is 6.22. The molecule has 96 valence electrons. The molecule has 2 atom stereocenters. The minimum absolute atomic E-state index is 0.0931. The van der Waals surface area contributed by atoms with Crippen LogP contribution in [0.3, 0.4) is 0 Å². The molecule has 0 spiro atoms. The van der Waals surface area contributed by atoms with Crippen LogP contribution in [0, 0.1) is 11.8 Å². The van der Waals surface area contributed by atoms with E-state index in [1.54, 1.807) is 11.0 Å². The van der Waals surface area contributed by atoms with Crippen LogP contribution < -0.4 is 0 Å². The average Bonchev–Trinajstić information content (AvgIpc) is 2.77. The molecule has 0 heterocycles. The molecule has 0 unspecified atom stereocenters. The van der Waals surface area contributed by atoms with E-state index < -0.39 is 5.97 Å². The number of carboxylic acids is 1. The normalized spacial score (nSPS) is 23.4. The minimum atomic E-state index is -0.772. The fourth-order valence-electron chi connectivity index (χ4n) is 2.41. The molecule has 0 aromatic rings. The van der Waals surface area contributed by atoms with Gasteiger partial charge in [0.05, 0.1) is 5.92 Å². The second-order valence-electron chi connectivity index (χ2n) is 4.62. The van der Waals surface area contributed by atoms with Crippen molar-refractivity contribution in [1.29, 1.82) is 0 Å². The second kappa shape index (κ2) is 6.42. The minimum Gasteiger partial charge on any atom is -0.481 e. The molecule has 4 nitrogen and oxygen atoms in total. The number of hydrogen-bond acceptors (Lipinski definition) is 2. The third kappa shape index (κ3) is 3.58. The molecule has 1 aliphatic carbocycles. The zero-order valence-corrected chi connectivity index (χ0v) is 10.4. The van der Waals surface area contributed by atoms with Crippen molar-refractivity contribution in [2.24, 2.45) is 11.8 Å². The molecule has 17 heavy (non-hydrogen) atoms. The maximum absolute atomic E-state index is 12.2. The summed E-state index contributed by atoms with van der Waals surface area (Å²) in [7, 11) is 0. The number of aliphatic carboxylic acids is 1. The lowest BCUT2D eigenvalue weighted by molar-refractivity contribution is -0.141. The Bertz CT molecular complexity index is 301. The molecule has 0 aromatic carbocycles. The van der Waals surface area contributed by atoms with Gasteiger partial charge in [0.25, 0.3) is 0 Å². The summed E-state index contributed by atoms with van der Waals surface area (Å²) < 4.78 is 0. The molecule has 1 N–H and O–H groups in total. The van der Waals surface area contributed by atoms with Crippen LogP contribution in [-0.4, -0.2) is 35.0 Å². The van der Waals surface area contributed by atoms with E-state index in [4.69, 9.17) is 5.11 Å². The fraction of sp³-hybridized carbons (Fsp3) is 0.692. The van der Waals surface area contributed by atoms with Crippen molar-refractivity contribution in [2.75, 3.05) is 13.1 Å². The van der Waals surface area contributed by atoms with E-state index in [0.29, 0.717) is 25.8 Å². The van der Waals surface area contributed by atoms with Crippen molar-refractivity contribution in [2.45, 2.75) is 32.6 Å². The Morgan fingerprint density at radius 2 is 2.06 bits per heavy atom. The quantitative estimate of drug-likeness (QED) is 0.720.